The molecular formula is C22H28N2O2. The first kappa shape index (κ1) is 18.3. The summed E-state index contributed by atoms with van der Waals surface area (Å²) < 4.78 is 5.88. The molecule has 0 fully saturated rings. The lowest BCUT2D eigenvalue weighted by atomic mass is 9.92. The molecule has 4 nitrogen and oxygen atoms in total. The lowest BCUT2D eigenvalue weighted by Gasteiger charge is -2.48. The number of benzene rings is 2. The fraction of sp³-hybridized carbons (Fsp3) is 0.409. The fourth-order valence-corrected chi connectivity index (χ4v) is 3.62. The molecule has 0 saturated heterocycles. The van der Waals surface area contributed by atoms with Gasteiger partial charge in [-0.05, 0) is 51.5 Å². The van der Waals surface area contributed by atoms with Gasteiger partial charge in [-0.2, -0.15) is 0 Å². The van der Waals surface area contributed by atoms with Crippen LogP contribution in [0.1, 0.15) is 56.5 Å². The summed E-state index contributed by atoms with van der Waals surface area (Å²) in [5.74, 6) is 0.892. The molecule has 0 aliphatic carbocycles. The van der Waals surface area contributed by atoms with Crippen LogP contribution in [0.25, 0.3) is 0 Å². The van der Waals surface area contributed by atoms with E-state index in [1.54, 1.807) is 0 Å². The number of hydrogen-bond acceptors (Lipinski definition) is 3. The Morgan fingerprint density at radius 2 is 1.92 bits per heavy atom. The quantitative estimate of drug-likeness (QED) is 0.743. The maximum absolute atomic E-state index is 13.2. The van der Waals surface area contributed by atoms with E-state index in [1.807, 2.05) is 61.2 Å². The Bertz CT molecular complexity index is 787. The molecule has 26 heavy (non-hydrogen) atoms. The zero-order valence-corrected chi connectivity index (χ0v) is 16.1. The van der Waals surface area contributed by atoms with E-state index in [0.717, 1.165) is 29.8 Å². The minimum Gasteiger partial charge on any atom is -0.494 e. The highest BCUT2D eigenvalue weighted by molar-refractivity contribution is 6.02. The van der Waals surface area contributed by atoms with Crippen LogP contribution >= 0.6 is 0 Å². The van der Waals surface area contributed by atoms with Crippen LogP contribution in [0.15, 0.2) is 48.5 Å². The number of ether oxygens (including phenoxy) is 1. The second-order valence-corrected chi connectivity index (χ2v) is 7.24. The third kappa shape index (κ3) is 3.28. The number of unbranched alkanes of at least 4 members (excludes halogenated alkanes) is 1. The lowest BCUT2D eigenvalue weighted by Crippen LogP contribution is -2.58. The van der Waals surface area contributed by atoms with Crippen LogP contribution in [0.5, 0.6) is 5.75 Å². The van der Waals surface area contributed by atoms with Crippen molar-refractivity contribution in [1.29, 1.82) is 0 Å². The van der Waals surface area contributed by atoms with Gasteiger partial charge in [0.05, 0.1) is 12.2 Å². The Kier molecular flexibility index (Phi) is 5.21. The van der Waals surface area contributed by atoms with E-state index < -0.39 is 5.66 Å². The Balaban J connectivity index is 2.01. The summed E-state index contributed by atoms with van der Waals surface area (Å²) in [6, 6.07) is 15.8. The van der Waals surface area contributed by atoms with E-state index in [1.165, 1.54) is 0 Å². The predicted molar refractivity (Wildman–Crippen MR) is 106 cm³/mol. The highest BCUT2D eigenvalue weighted by Gasteiger charge is 2.43. The molecule has 1 N–H and O–H groups in total. The van der Waals surface area contributed by atoms with Crippen molar-refractivity contribution in [2.75, 3.05) is 11.9 Å². The molecular weight excluding hydrogens is 324 g/mol. The molecule has 1 amide bonds. The molecule has 0 saturated carbocycles. The monoisotopic (exact) mass is 352 g/mol. The van der Waals surface area contributed by atoms with E-state index in [0.29, 0.717) is 12.2 Å². The van der Waals surface area contributed by atoms with Crippen LogP contribution in [-0.4, -0.2) is 23.5 Å². The van der Waals surface area contributed by atoms with Crippen LogP contribution in [0, 0.1) is 0 Å². The molecule has 0 radical (unpaired) electrons. The normalized spacial score (nSPS) is 19.3. The van der Waals surface area contributed by atoms with Crippen LogP contribution in [0.2, 0.25) is 0 Å². The Labute approximate surface area is 156 Å². The van der Waals surface area contributed by atoms with Crippen LogP contribution in [0.4, 0.5) is 5.69 Å². The minimum absolute atomic E-state index is 0.0501. The molecule has 1 heterocycles. The first-order chi connectivity index (χ1) is 12.5. The number of para-hydroxylation sites is 1. The van der Waals surface area contributed by atoms with Crippen molar-refractivity contribution in [1.82, 2.24) is 4.90 Å². The third-order valence-corrected chi connectivity index (χ3v) is 4.92. The van der Waals surface area contributed by atoms with Crippen molar-refractivity contribution in [2.45, 2.75) is 52.2 Å². The molecule has 2 aromatic carbocycles. The molecule has 1 aliphatic rings. The third-order valence-electron chi connectivity index (χ3n) is 4.92. The van der Waals surface area contributed by atoms with Crippen molar-refractivity contribution in [2.24, 2.45) is 0 Å². The summed E-state index contributed by atoms with van der Waals surface area (Å²) >= 11 is 0. The first-order valence-corrected chi connectivity index (χ1v) is 9.41. The van der Waals surface area contributed by atoms with Gasteiger partial charge in [-0.3, -0.25) is 4.79 Å². The highest BCUT2D eigenvalue weighted by Crippen LogP contribution is 2.39. The van der Waals surface area contributed by atoms with Gasteiger partial charge in [0.25, 0.3) is 5.91 Å². The van der Waals surface area contributed by atoms with Gasteiger partial charge < -0.3 is 15.0 Å². The van der Waals surface area contributed by atoms with Crippen molar-refractivity contribution >= 4 is 11.6 Å². The summed E-state index contributed by atoms with van der Waals surface area (Å²) in [6.45, 7) is 9.02. The van der Waals surface area contributed by atoms with E-state index in [9.17, 15) is 4.79 Å². The van der Waals surface area contributed by atoms with Gasteiger partial charge in [0, 0.05) is 17.3 Å². The van der Waals surface area contributed by atoms with Crippen LogP contribution < -0.4 is 10.1 Å². The van der Waals surface area contributed by atoms with Gasteiger partial charge in [0.15, 0.2) is 0 Å². The number of carbonyl (C=O) groups excluding carboxylic acids is 1. The van der Waals surface area contributed by atoms with E-state index in [-0.39, 0.29) is 11.9 Å². The number of carbonyl (C=O) groups is 1. The van der Waals surface area contributed by atoms with Gasteiger partial charge in [0.2, 0.25) is 0 Å². The molecule has 1 atom stereocenters. The zero-order chi connectivity index (χ0) is 18.7. The largest absolute Gasteiger partial charge is 0.494 e. The van der Waals surface area contributed by atoms with E-state index >= 15 is 0 Å². The van der Waals surface area contributed by atoms with Crippen molar-refractivity contribution in [3.63, 3.8) is 0 Å². The standard InChI is InChI=1S/C22H28N2O2/c1-5-6-14-26-18-11-9-10-17(15-18)22(4)23-20-13-8-7-12-19(20)21(25)24(22)16(2)3/h7-13,15-16,23H,5-6,14H2,1-4H3. The molecule has 0 aromatic heterocycles. The average Bonchev–Trinajstić information content (AvgIpc) is 2.62. The van der Waals surface area contributed by atoms with E-state index in [2.05, 4.69) is 25.2 Å². The molecule has 2 aromatic rings. The first-order valence-electron chi connectivity index (χ1n) is 9.41. The smallest absolute Gasteiger partial charge is 0.258 e. The maximum atomic E-state index is 13.2. The zero-order valence-electron chi connectivity index (χ0n) is 16.1. The summed E-state index contributed by atoms with van der Waals surface area (Å²) in [7, 11) is 0. The second kappa shape index (κ2) is 7.40. The maximum Gasteiger partial charge on any atom is 0.258 e. The predicted octanol–water partition coefficient (Wildman–Crippen LogP) is 5.01. The van der Waals surface area contributed by atoms with Crippen molar-refractivity contribution in [3.05, 3.63) is 59.7 Å². The molecule has 3 rings (SSSR count). The molecule has 0 bridgehead atoms. The van der Waals surface area contributed by atoms with Gasteiger partial charge in [-0.1, -0.05) is 37.6 Å². The number of amides is 1. The van der Waals surface area contributed by atoms with Crippen molar-refractivity contribution in [3.8, 4) is 5.75 Å². The highest BCUT2D eigenvalue weighted by atomic mass is 16.5. The molecule has 1 unspecified atom stereocenters. The van der Waals surface area contributed by atoms with Gasteiger partial charge in [-0.15, -0.1) is 0 Å². The number of hydrogen-bond donors (Lipinski definition) is 1. The Morgan fingerprint density at radius 3 is 2.65 bits per heavy atom. The van der Waals surface area contributed by atoms with Gasteiger partial charge in [-0.25, -0.2) is 0 Å². The van der Waals surface area contributed by atoms with Crippen molar-refractivity contribution < 1.29 is 9.53 Å². The van der Waals surface area contributed by atoms with Crippen LogP contribution in [0.3, 0.4) is 0 Å². The Morgan fingerprint density at radius 1 is 1.15 bits per heavy atom. The van der Waals surface area contributed by atoms with Crippen LogP contribution in [-0.2, 0) is 5.66 Å². The van der Waals surface area contributed by atoms with Gasteiger partial charge >= 0.3 is 0 Å². The lowest BCUT2D eigenvalue weighted by molar-refractivity contribution is 0.0433. The molecule has 0 spiro atoms. The molecule has 1 aliphatic heterocycles. The molecule has 4 heteroatoms. The Hall–Kier alpha value is -2.49. The second-order valence-electron chi connectivity index (χ2n) is 7.24. The summed E-state index contributed by atoms with van der Waals surface area (Å²) in [5.41, 5.74) is 1.97. The summed E-state index contributed by atoms with van der Waals surface area (Å²) in [4.78, 5) is 15.1. The number of nitrogens with one attached hydrogen (secondary N) is 1. The summed E-state index contributed by atoms with van der Waals surface area (Å²) in [5, 5.41) is 3.60. The minimum atomic E-state index is -0.635. The number of nitrogens with zero attached hydrogens (tertiary/aromatic N) is 1. The van der Waals surface area contributed by atoms with Gasteiger partial charge in [0.1, 0.15) is 11.4 Å². The SMILES string of the molecule is CCCCOc1cccc(C2(C)Nc3ccccc3C(=O)N2C(C)C)c1. The molecule has 138 valence electrons. The number of fused-ring (bicyclic) bond motifs is 1. The average molecular weight is 352 g/mol. The van der Waals surface area contributed by atoms with E-state index in [4.69, 9.17) is 4.74 Å². The fourth-order valence-electron chi connectivity index (χ4n) is 3.62. The topological polar surface area (TPSA) is 41.6 Å². The summed E-state index contributed by atoms with van der Waals surface area (Å²) in [6.07, 6.45) is 2.13. The number of rotatable bonds is 6. The number of anilines is 1.